The van der Waals surface area contributed by atoms with Crippen LogP contribution in [0.1, 0.15) is 10.4 Å². The Morgan fingerprint density at radius 1 is 1.05 bits per heavy atom. The van der Waals surface area contributed by atoms with Crippen molar-refractivity contribution in [2.45, 2.75) is 0 Å². The van der Waals surface area contributed by atoms with E-state index in [1.54, 1.807) is 24.3 Å². The number of nitrogens with two attached hydrogens (primary N) is 1. The number of benzene rings is 2. The smallest absolute Gasteiger partial charge is 0.312 e. The van der Waals surface area contributed by atoms with Crippen molar-refractivity contribution in [3.8, 4) is 5.75 Å². The van der Waals surface area contributed by atoms with Gasteiger partial charge in [-0.25, -0.2) is 4.79 Å². The average Bonchev–Trinajstić information content (AvgIpc) is 2.44. The highest BCUT2D eigenvalue weighted by atomic mass is 16.3. The number of phenolic OH excluding ortho intramolecular Hbond substituents is 1. The number of nitrogens with one attached hydrogen (secondary N) is 2. The highest BCUT2D eigenvalue weighted by Gasteiger charge is 2.12. The first-order valence-corrected chi connectivity index (χ1v) is 6.12. The number of primary amides is 1. The minimum Gasteiger partial charge on any atom is -0.506 e. The lowest BCUT2D eigenvalue weighted by Crippen LogP contribution is -2.37. The van der Waals surface area contributed by atoms with E-state index in [0.29, 0.717) is 5.39 Å². The topological polar surface area (TPSA) is 104 Å². The maximum Gasteiger partial charge on any atom is 0.312 e. The summed E-state index contributed by atoms with van der Waals surface area (Å²) in [6.07, 6.45) is 0. The molecular formula is C14H15N3O3. The summed E-state index contributed by atoms with van der Waals surface area (Å²) in [6, 6.07) is 9.94. The van der Waals surface area contributed by atoms with Gasteiger partial charge < -0.3 is 21.5 Å². The monoisotopic (exact) mass is 273 g/mol. The summed E-state index contributed by atoms with van der Waals surface area (Å²) in [5, 5.41) is 16.5. The largest absolute Gasteiger partial charge is 0.506 e. The second-order valence-electron chi connectivity index (χ2n) is 4.23. The van der Waals surface area contributed by atoms with Gasteiger partial charge in [0.25, 0.3) is 5.91 Å². The SMILES string of the molecule is NC(=O)NCCNC(=O)c1ccc2ccccc2c1O. The molecule has 0 aliphatic rings. The van der Waals surface area contributed by atoms with Crippen LogP contribution in [0.2, 0.25) is 0 Å². The Bertz CT molecular complexity index is 655. The van der Waals surface area contributed by atoms with Crippen LogP contribution in [0, 0.1) is 0 Å². The predicted octanol–water partition coefficient (Wildman–Crippen LogP) is 0.944. The maximum absolute atomic E-state index is 11.9. The molecule has 3 amide bonds. The second-order valence-corrected chi connectivity index (χ2v) is 4.23. The van der Waals surface area contributed by atoms with E-state index in [0.717, 1.165) is 5.39 Å². The molecule has 0 spiro atoms. The number of aromatic hydroxyl groups is 1. The number of hydrogen-bond acceptors (Lipinski definition) is 3. The molecule has 0 fully saturated rings. The summed E-state index contributed by atoms with van der Waals surface area (Å²) < 4.78 is 0. The molecule has 0 aromatic heterocycles. The third kappa shape index (κ3) is 2.97. The van der Waals surface area contributed by atoms with Gasteiger partial charge in [-0.2, -0.15) is 0 Å². The molecule has 104 valence electrons. The van der Waals surface area contributed by atoms with Crippen molar-refractivity contribution >= 4 is 22.7 Å². The molecule has 0 heterocycles. The number of amides is 3. The van der Waals surface area contributed by atoms with Gasteiger partial charge in [0.2, 0.25) is 0 Å². The third-order valence-corrected chi connectivity index (χ3v) is 2.86. The van der Waals surface area contributed by atoms with E-state index in [4.69, 9.17) is 5.73 Å². The molecule has 0 saturated carbocycles. The Morgan fingerprint density at radius 3 is 2.50 bits per heavy atom. The molecule has 20 heavy (non-hydrogen) atoms. The molecule has 0 atom stereocenters. The van der Waals surface area contributed by atoms with E-state index in [1.165, 1.54) is 0 Å². The van der Waals surface area contributed by atoms with E-state index in [2.05, 4.69) is 10.6 Å². The molecular weight excluding hydrogens is 258 g/mol. The number of rotatable bonds is 4. The normalized spacial score (nSPS) is 10.2. The van der Waals surface area contributed by atoms with Crippen LogP contribution in [0.15, 0.2) is 36.4 Å². The van der Waals surface area contributed by atoms with Crippen molar-refractivity contribution in [1.29, 1.82) is 0 Å². The molecule has 0 saturated heterocycles. The Morgan fingerprint density at radius 2 is 1.75 bits per heavy atom. The van der Waals surface area contributed by atoms with Crippen LogP contribution < -0.4 is 16.4 Å². The molecule has 5 N–H and O–H groups in total. The molecule has 2 aromatic carbocycles. The fourth-order valence-electron chi connectivity index (χ4n) is 1.90. The van der Waals surface area contributed by atoms with Gasteiger partial charge in [0.15, 0.2) is 0 Å². The first-order valence-electron chi connectivity index (χ1n) is 6.12. The average molecular weight is 273 g/mol. The van der Waals surface area contributed by atoms with Crippen LogP contribution in [0.4, 0.5) is 4.79 Å². The van der Waals surface area contributed by atoms with Crippen LogP contribution in [0.3, 0.4) is 0 Å². The van der Waals surface area contributed by atoms with Gasteiger partial charge in [-0.3, -0.25) is 4.79 Å². The van der Waals surface area contributed by atoms with Crippen molar-refractivity contribution in [2.75, 3.05) is 13.1 Å². The number of urea groups is 1. The highest BCUT2D eigenvalue weighted by molar-refractivity contribution is 6.03. The zero-order chi connectivity index (χ0) is 14.5. The molecule has 6 heteroatoms. The Hall–Kier alpha value is -2.76. The lowest BCUT2D eigenvalue weighted by molar-refractivity contribution is 0.0951. The van der Waals surface area contributed by atoms with Crippen molar-refractivity contribution < 1.29 is 14.7 Å². The van der Waals surface area contributed by atoms with Crippen LogP contribution in [-0.2, 0) is 0 Å². The summed E-state index contributed by atoms with van der Waals surface area (Å²) in [6.45, 7) is 0.462. The maximum atomic E-state index is 11.9. The van der Waals surface area contributed by atoms with Gasteiger partial charge in [0.05, 0.1) is 5.56 Å². The predicted molar refractivity (Wildman–Crippen MR) is 75.5 cm³/mol. The second kappa shape index (κ2) is 5.92. The van der Waals surface area contributed by atoms with Gasteiger partial charge >= 0.3 is 6.03 Å². The first kappa shape index (κ1) is 13.7. The van der Waals surface area contributed by atoms with Crippen LogP contribution >= 0.6 is 0 Å². The third-order valence-electron chi connectivity index (χ3n) is 2.86. The number of fused-ring (bicyclic) bond motifs is 1. The van der Waals surface area contributed by atoms with E-state index >= 15 is 0 Å². The zero-order valence-electron chi connectivity index (χ0n) is 10.7. The van der Waals surface area contributed by atoms with Gasteiger partial charge in [-0.05, 0) is 11.5 Å². The summed E-state index contributed by atoms with van der Waals surface area (Å²) in [7, 11) is 0. The number of hydrogen-bond donors (Lipinski definition) is 4. The fourth-order valence-corrected chi connectivity index (χ4v) is 1.90. The summed E-state index contributed by atoms with van der Waals surface area (Å²) in [4.78, 5) is 22.4. The van der Waals surface area contributed by atoms with Crippen LogP contribution in [0.25, 0.3) is 10.8 Å². The van der Waals surface area contributed by atoms with E-state index in [1.807, 2.05) is 12.1 Å². The van der Waals surface area contributed by atoms with Crippen molar-refractivity contribution in [1.82, 2.24) is 10.6 Å². The van der Waals surface area contributed by atoms with E-state index in [9.17, 15) is 14.7 Å². The minimum absolute atomic E-state index is 0.0524. The molecule has 0 aliphatic carbocycles. The van der Waals surface area contributed by atoms with Crippen molar-refractivity contribution in [2.24, 2.45) is 5.73 Å². The number of carbonyl (C=O) groups is 2. The van der Waals surface area contributed by atoms with Gasteiger partial charge in [-0.15, -0.1) is 0 Å². The quantitative estimate of drug-likeness (QED) is 0.623. The molecule has 0 radical (unpaired) electrons. The Labute approximate surface area is 115 Å². The number of phenols is 1. The van der Waals surface area contributed by atoms with Crippen LogP contribution in [0.5, 0.6) is 5.75 Å². The molecule has 2 rings (SSSR count). The van der Waals surface area contributed by atoms with Gasteiger partial charge in [0.1, 0.15) is 5.75 Å². The van der Waals surface area contributed by atoms with Gasteiger partial charge in [0, 0.05) is 18.5 Å². The lowest BCUT2D eigenvalue weighted by atomic mass is 10.0. The zero-order valence-corrected chi connectivity index (χ0v) is 10.7. The summed E-state index contributed by atoms with van der Waals surface area (Å²) in [5.74, 6) is -0.456. The highest BCUT2D eigenvalue weighted by Crippen LogP contribution is 2.28. The molecule has 0 unspecified atom stereocenters. The lowest BCUT2D eigenvalue weighted by Gasteiger charge is -2.09. The summed E-state index contributed by atoms with van der Waals surface area (Å²) in [5.41, 5.74) is 5.10. The molecule has 0 aliphatic heterocycles. The molecule has 0 bridgehead atoms. The minimum atomic E-state index is -0.646. The van der Waals surface area contributed by atoms with Crippen molar-refractivity contribution in [3.63, 3.8) is 0 Å². The fraction of sp³-hybridized carbons (Fsp3) is 0.143. The van der Waals surface area contributed by atoms with Gasteiger partial charge in [-0.1, -0.05) is 30.3 Å². The first-order chi connectivity index (χ1) is 9.59. The Kier molecular flexibility index (Phi) is 4.05. The molecule has 6 nitrogen and oxygen atoms in total. The Balaban J connectivity index is 2.10. The number of carbonyl (C=O) groups excluding carboxylic acids is 2. The molecule has 2 aromatic rings. The van der Waals surface area contributed by atoms with E-state index < -0.39 is 11.9 Å². The van der Waals surface area contributed by atoms with Crippen molar-refractivity contribution in [3.05, 3.63) is 42.0 Å². The van der Waals surface area contributed by atoms with Crippen LogP contribution in [-0.4, -0.2) is 30.1 Å². The standard InChI is InChI=1S/C14H15N3O3/c15-14(20)17-8-7-16-13(19)11-6-5-9-3-1-2-4-10(9)12(11)18/h1-6,18H,7-8H2,(H,16,19)(H3,15,17,20). The van der Waals surface area contributed by atoms with E-state index in [-0.39, 0.29) is 24.4 Å². The summed E-state index contributed by atoms with van der Waals surface area (Å²) >= 11 is 0.